The second kappa shape index (κ2) is 7.22. The van der Waals surface area contributed by atoms with E-state index in [1.807, 2.05) is 17.0 Å². The monoisotopic (exact) mass is 346 g/mol. The first-order valence-corrected chi connectivity index (χ1v) is 8.49. The fraction of sp³-hybridized carbons (Fsp3) is 0.316. The maximum Gasteiger partial charge on any atom is 0.255 e. The van der Waals surface area contributed by atoms with Crippen LogP contribution in [0.3, 0.4) is 0 Å². The topological polar surface area (TPSA) is 46.3 Å². The van der Waals surface area contributed by atoms with Gasteiger partial charge in [-0.25, -0.2) is 4.39 Å². The third-order valence-electron chi connectivity index (χ3n) is 4.56. The number of halogens is 2. The average Bonchev–Trinajstić information content (AvgIpc) is 2.59. The number of piperidine rings is 1. The van der Waals surface area contributed by atoms with Crippen molar-refractivity contribution >= 4 is 23.2 Å². The molecular weight excluding hydrogens is 327 g/mol. The largest absolute Gasteiger partial charge is 0.399 e. The van der Waals surface area contributed by atoms with Crippen molar-refractivity contribution in [1.29, 1.82) is 0 Å². The molecule has 0 spiro atoms. The Morgan fingerprint density at radius 3 is 2.50 bits per heavy atom. The van der Waals surface area contributed by atoms with Gasteiger partial charge in [0.2, 0.25) is 0 Å². The van der Waals surface area contributed by atoms with Crippen LogP contribution < -0.4 is 5.73 Å². The first-order chi connectivity index (χ1) is 11.5. The SMILES string of the molecule is Nc1ccc(Cl)c(C(=O)N2CCC(Cc3ccc(F)cc3)CC2)c1. The number of amides is 1. The van der Waals surface area contributed by atoms with Gasteiger partial charge in [0.1, 0.15) is 5.82 Å². The normalized spacial score (nSPS) is 15.5. The van der Waals surface area contributed by atoms with Crippen LogP contribution in [0.15, 0.2) is 42.5 Å². The van der Waals surface area contributed by atoms with Crippen LogP contribution in [0.4, 0.5) is 10.1 Å². The average molecular weight is 347 g/mol. The maximum absolute atomic E-state index is 13.0. The summed E-state index contributed by atoms with van der Waals surface area (Å²) in [6.45, 7) is 1.41. The van der Waals surface area contributed by atoms with Gasteiger partial charge in [-0.3, -0.25) is 4.79 Å². The Morgan fingerprint density at radius 1 is 1.17 bits per heavy atom. The Balaban J connectivity index is 1.59. The molecule has 3 nitrogen and oxygen atoms in total. The van der Waals surface area contributed by atoms with Crippen molar-refractivity contribution in [3.63, 3.8) is 0 Å². The molecule has 0 aliphatic carbocycles. The van der Waals surface area contributed by atoms with Gasteiger partial charge in [-0.2, -0.15) is 0 Å². The van der Waals surface area contributed by atoms with E-state index in [4.69, 9.17) is 17.3 Å². The van der Waals surface area contributed by atoms with Crippen LogP contribution in [0.25, 0.3) is 0 Å². The number of rotatable bonds is 3. The number of hydrogen-bond acceptors (Lipinski definition) is 2. The standard InChI is InChI=1S/C19H20ClFN2O/c20-18-6-5-16(22)12-17(18)19(24)23-9-7-14(8-10-23)11-13-1-3-15(21)4-2-13/h1-6,12,14H,7-11,22H2. The fourth-order valence-electron chi connectivity index (χ4n) is 3.17. The molecule has 3 rings (SSSR count). The van der Waals surface area contributed by atoms with Crippen LogP contribution in [0.5, 0.6) is 0 Å². The Hall–Kier alpha value is -2.07. The number of hydrogen-bond donors (Lipinski definition) is 1. The molecule has 0 bridgehead atoms. The number of nitrogen functional groups attached to an aromatic ring is 1. The molecule has 0 aromatic heterocycles. The molecule has 1 saturated heterocycles. The second-order valence-electron chi connectivity index (χ2n) is 6.31. The fourth-order valence-corrected chi connectivity index (χ4v) is 3.37. The van der Waals surface area contributed by atoms with E-state index in [1.54, 1.807) is 18.2 Å². The summed E-state index contributed by atoms with van der Waals surface area (Å²) in [4.78, 5) is 14.5. The van der Waals surface area contributed by atoms with Crippen LogP contribution in [-0.2, 0) is 6.42 Å². The molecular formula is C19H20ClFN2O. The number of nitrogens with zero attached hydrogens (tertiary/aromatic N) is 1. The molecule has 1 amide bonds. The molecule has 0 unspecified atom stereocenters. The zero-order valence-electron chi connectivity index (χ0n) is 13.3. The summed E-state index contributed by atoms with van der Waals surface area (Å²) < 4.78 is 13.0. The molecule has 0 saturated carbocycles. The first-order valence-electron chi connectivity index (χ1n) is 8.11. The quantitative estimate of drug-likeness (QED) is 0.848. The smallest absolute Gasteiger partial charge is 0.255 e. The zero-order chi connectivity index (χ0) is 17.1. The number of carbonyl (C=O) groups excluding carboxylic acids is 1. The van der Waals surface area contributed by atoms with Crippen LogP contribution in [0, 0.1) is 11.7 Å². The Kier molecular flexibility index (Phi) is 5.05. The van der Waals surface area contributed by atoms with Crippen LogP contribution in [0.2, 0.25) is 5.02 Å². The Bertz CT molecular complexity index is 725. The number of nitrogens with two attached hydrogens (primary N) is 1. The molecule has 2 N–H and O–H groups in total. The van der Waals surface area contributed by atoms with Crippen molar-refractivity contribution in [2.24, 2.45) is 5.92 Å². The van der Waals surface area contributed by atoms with Gasteiger partial charge < -0.3 is 10.6 Å². The van der Waals surface area contributed by atoms with E-state index in [2.05, 4.69) is 0 Å². The minimum Gasteiger partial charge on any atom is -0.399 e. The molecule has 2 aromatic rings. The van der Waals surface area contributed by atoms with Gasteiger partial charge in [-0.15, -0.1) is 0 Å². The minimum atomic E-state index is -0.210. The van der Waals surface area contributed by atoms with Crippen LogP contribution in [-0.4, -0.2) is 23.9 Å². The first kappa shape index (κ1) is 16.8. The highest BCUT2D eigenvalue weighted by Gasteiger charge is 2.25. The third kappa shape index (κ3) is 3.88. The van der Waals surface area contributed by atoms with Gasteiger partial charge in [0.25, 0.3) is 5.91 Å². The van der Waals surface area contributed by atoms with E-state index in [0.29, 0.717) is 35.3 Å². The van der Waals surface area contributed by atoms with Crippen molar-refractivity contribution in [2.45, 2.75) is 19.3 Å². The number of carbonyl (C=O) groups is 1. The van der Waals surface area contributed by atoms with E-state index in [1.165, 1.54) is 12.1 Å². The lowest BCUT2D eigenvalue weighted by molar-refractivity contribution is 0.0691. The molecule has 0 atom stereocenters. The van der Waals surface area contributed by atoms with Gasteiger partial charge in [-0.1, -0.05) is 23.7 Å². The van der Waals surface area contributed by atoms with E-state index in [9.17, 15) is 9.18 Å². The lowest BCUT2D eigenvalue weighted by Crippen LogP contribution is -2.39. The molecule has 126 valence electrons. The summed E-state index contributed by atoms with van der Waals surface area (Å²) in [7, 11) is 0. The molecule has 1 heterocycles. The van der Waals surface area contributed by atoms with Crippen LogP contribution in [0.1, 0.15) is 28.8 Å². The maximum atomic E-state index is 13.0. The Morgan fingerprint density at radius 2 is 1.83 bits per heavy atom. The van der Waals surface area contributed by atoms with Gasteiger partial charge in [0.05, 0.1) is 10.6 Å². The van der Waals surface area contributed by atoms with Gasteiger partial charge in [0, 0.05) is 18.8 Å². The highest BCUT2D eigenvalue weighted by Crippen LogP contribution is 2.26. The van der Waals surface area contributed by atoms with Crippen molar-refractivity contribution in [2.75, 3.05) is 18.8 Å². The summed E-state index contributed by atoms with van der Waals surface area (Å²) in [5.41, 5.74) is 7.90. The second-order valence-corrected chi connectivity index (χ2v) is 6.71. The molecule has 2 aromatic carbocycles. The summed E-state index contributed by atoms with van der Waals surface area (Å²) in [6.07, 6.45) is 2.79. The summed E-state index contributed by atoms with van der Waals surface area (Å²) in [5, 5.41) is 0.433. The summed E-state index contributed by atoms with van der Waals surface area (Å²) in [6, 6.07) is 11.6. The summed E-state index contributed by atoms with van der Waals surface area (Å²) in [5.74, 6) is 0.238. The number of likely N-dealkylation sites (tertiary alicyclic amines) is 1. The van der Waals surface area contributed by atoms with Gasteiger partial charge in [0.15, 0.2) is 0 Å². The molecule has 1 aliphatic rings. The highest BCUT2D eigenvalue weighted by atomic mass is 35.5. The van der Waals surface area contributed by atoms with E-state index in [-0.39, 0.29) is 11.7 Å². The van der Waals surface area contributed by atoms with Gasteiger partial charge in [-0.05, 0) is 61.1 Å². The lowest BCUT2D eigenvalue weighted by atomic mass is 9.90. The predicted molar refractivity (Wildman–Crippen MR) is 94.6 cm³/mol. The lowest BCUT2D eigenvalue weighted by Gasteiger charge is -2.32. The molecule has 1 aliphatic heterocycles. The number of benzene rings is 2. The van der Waals surface area contributed by atoms with Crippen molar-refractivity contribution in [3.05, 3.63) is 64.4 Å². The number of anilines is 1. The van der Waals surface area contributed by atoms with E-state index >= 15 is 0 Å². The van der Waals surface area contributed by atoms with Crippen molar-refractivity contribution < 1.29 is 9.18 Å². The third-order valence-corrected chi connectivity index (χ3v) is 4.89. The predicted octanol–water partition coefficient (Wildman–Crippen LogP) is 4.16. The molecule has 0 radical (unpaired) electrons. The molecule has 1 fully saturated rings. The van der Waals surface area contributed by atoms with Gasteiger partial charge >= 0.3 is 0 Å². The zero-order valence-corrected chi connectivity index (χ0v) is 14.1. The van der Waals surface area contributed by atoms with E-state index < -0.39 is 0 Å². The molecule has 5 heteroatoms. The molecule has 24 heavy (non-hydrogen) atoms. The van der Waals surface area contributed by atoms with E-state index in [0.717, 1.165) is 24.8 Å². The van der Waals surface area contributed by atoms with Crippen molar-refractivity contribution in [3.8, 4) is 0 Å². The minimum absolute atomic E-state index is 0.0625. The van der Waals surface area contributed by atoms with Crippen LogP contribution >= 0.6 is 11.6 Å². The summed E-state index contributed by atoms with van der Waals surface area (Å²) >= 11 is 6.13. The van der Waals surface area contributed by atoms with Crippen molar-refractivity contribution in [1.82, 2.24) is 4.90 Å². The Labute approximate surface area is 146 Å². The highest BCUT2D eigenvalue weighted by molar-refractivity contribution is 6.34.